The Bertz CT molecular complexity index is 2350. The molecule has 17 nitrogen and oxygen atoms in total. The summed E-state index contributed by atoms with van der Waals surface area (Å²) in [5, 5.41) is 12.6. The number of piperazine rings is 1. The minimum atomic E-state index is -1.02. The number of rotatable bonds is 18. The Morgan fingerprint density at radius 3 is 2.25 bits per heavy atom. The number of ether oxygens (including phenoxy) is 4. The monoisotopic (exact) mass is 1000 g/mol. The third kappa shape index (κ3) is 14.3. The SMILES string of the molecule is [CH2-]OC(=O)OCn1c(=O)c(C(CCNC=O)CCNC(Cc2cc(C)c3nn(COC(=O)OC(C)(C)C(C)(C)C)cc3c2)C(=O)N2CCN(C3CCN(C)CC3)CC2)cc2ccccc21.[CH3-].[Y]. The number of fused-ring (bicyclic) bond motifs is 2. The van der Waals surface area contributed by atoms with E-state index in [9.17, 15) is 24.0 Å². The Labute approximate surface area is 420 Å². The fraction of sp³-hybridized carbons (Fsp3) is 0.551. The number of benzene rings is 2. The minimum Gasteiger partial charge on any atom is -0.609 e. The number of aryl methyl sites for hydroxylation is 1. The van der Waals surface area contributed by atoms with E-state index in [0.29, 0.717) is 69.0 Å². The molecule has 67 heavy (non-hydrogen) atoms. The molecular weight excluding hydrogens is 933 g/mol. The third-order valence-electron chi connectivity index (χ3n) is 13.4. The van der Waals surface area contributed by atoms with Gasteiger partial charge in [-0.2, -0.15) is 12.2 Å². The second kappa shape index (κ2) is 24.7. The van der Waals surface area contributed by atoms with Gasteiger partial charge in [0.1, 0.15) is 5.60 Å². The normalized spacial score (nSPS) is 16.1. The molecule has 0 aliphatic carbocycles. The number of hydrogen-bond acceptors (Lipinski definition) is 13. The van der Waals surface area contributed by atoms with Crippen LogP contribution in [-0.2, 0) is 81.1 Å². The molecule has 2 aromatic heterocycles. The molecule has 0 spiro atoms. The number of carbonyl (C=O) groups is 4. The van der Waals surface area contributed by atoms with Crippen LogP contribution in [0.5, 0.6) is 0 Å². The van der Waals surface area contributed by atoms with Crippen LogP contribution in [0.15, 0.2) is 53.5 Å². The number of nitrogens with zero attached hydrogens (tertiary/aromatic N) is 6. The second-order valence-corrected chi connectivity index (χ2v) is 18.9. The number of amides is 2. The smallest absolute Gasteiger partial charge is 0.510 e. The summed E-state index contributed by atoms with van der Waals surface area (Å²) in [6, 6.07) is 13.2. The van der Waals surface area contributed by atoms with Crippen molar-refractivity contribution in [1.82, 2.24) is 39.7 Å². The van der Waals surface area contributed by atoms with Gasteiger partial charge in [-0.3, -0.25) is 23.9 Å². The summed E-state index contributed by atoms with van der Waals surface area (Å²) in [5.74, 6) is -0.330. The summed E-state index contributed by atoms with van der Waals surface area (Å²) in [5.41, 5.74) is 2.28. The molecule has 18 heteroatoms. The topological polar surface area (TPSA) is 179 Å². The molecule has 365 valence electrons. The first-order valence-corrected chi connectivity index (χ1v) is 22.6. The predicted molar refractivity (Wildman–Crippen MR) is 253 cm³/mol. The van der Waals surface area contributed by atoms with E-state index in [1.807, 2.05) is 83.0 Å². The van der Waals surface area contributed by atoms with Gasteiger partial charge in [0.15, 0.2) is 13.5 Å². The molecule has 1 radical (unpaired) electrons. The van der Waals surface area contributed by atoms with Crippen LogP contribution in [-0.4, -0.2) is 131 Å². The van der Waals surface area contributed by atoms with Crippen LogP contribution in [0.2, 0.25) is 0 Å². The molecule has 4 heterocycles. The Hall–Kier alpha value is -4.42. The average molecular weight is 1000 g/mol. The number of likely N-dealkylation sites (tertiary alicyclic amines) is 1. The maximum Gasteiger partial charge on any atom is 0.510 e. The number of hydrogen-bond donors (Lipinski definition) is 2. The summed E-state index contributed by atoms with van der Waals surface area (Å²) in [7, 11) is 5.26. The Balaban J connectivity index is 0.00000490. The van der Waals surface area contributed by atoms with Crippen molar-refractivity contribution < 1.29 is 70.8 Å². The molecule has 2 aromatic carbocycles. The fourth-order valence-corrected chi connectivity index (χ4v) is 8.63. The van der Waals surface area contributed by atoms with Crippen molar-refractivity contribution in [1.29, 1.82) is 0 Å². The molecular formula is C49H70N8O9Y-2. The molecule has 2 saturated heterocycles. The largest absolute Gasteiger partial charge is 0.609 e. The van der Waals surface area contributed by atoms with Crippen LogP contribution in [0.25, 0.3) is 21.8 Å². The zero-order chi connectivity index (χ0) is 46.9. The van der Waals surface area contributed by atoms with E-state index in [2.05, 4.69) is 39.3 Å². The first kappa shape index (κ1) is 55.2. The number of piperidine rings is 1. The zero-order valence-corrected chi connectivity index (χ0v) is 43.5. The maximum absolute atomic E-state index is 14.6. The Kier molecular flexibility index (Phi) is 20.4. The number of carbonyl (C=O) groups excluding carboxylic acids is 4. The van der Waals surface area contributed by atoms with Crippen molar-refractivity contribution in [2.45, 2.75) is 111 Å². The van der Waals surface area contributed by atoms with Crippen LogP contribution in [0.4, 0.5) is 9.59 Å². The van der Waals surface area contributed by atoms with E-state index in [1.165, 1.54) is 4.57 Å². The van der Waals surface area contributed by atoms with Gasteiger partial charge in [-0.1, -0.05) is 45.0 Å². The molecule has 2 aliphatic heterocycles. The molecule has 2 unspecified atom stereocenters. The fourth-order valence-electron chi connectivity index (χ4n) is 8.63. The van der Waals surface area contributed by atoms with E-state index < -0.39 is 24.0 Å². The molecule has 2 fully saturated rings. The second-order valence-electron chi connectivity index (χ2n) is 18.9. The summed E-state index contributed by atoms with van der Waals surface area (Å²) in [4.78, 5) is 71.6. The van der Waals surface area contributed by atoms with Gasteiger partial charge in [-0.25, -0.2) is 14.3 Å². The summed E-state index contributed by atoms with van der Waals surface area (Å²) >= 11 is 0. The van der Waals surface area contributed by atoms with Crippen molar-refractivity contribution in [3.8, 4) is 0 Å². The molecule has 2 amide bonds. The number of para-hydroxylation sites is 1. The van der Waals surface area contributed by atoms with Crippen LogP contribution < -0.4 is 16.2 Å². The quantitative estimate of drug-likeness (QED) is 0.0515. The standard InChI is InChI=1S/C48H67N8O9.CH3.Y/c1-33-25-34(26-37-29-55(51-42(33)37)31-63-46(61)65-48(5,6)47(2,3)4)27-40(44(59)54-23-21-53(22-24-54)38-15-19-52(7)20-16-38)50-18-14-35(13-17-49-30-57)39-28-36-11-9-10-12-41(36)56(43(39)58)32-64-45(60)62-8;;/h9-12,25-26,28-30,35,38,40,50H,8,13-24,27,31-32H2,1-7H3,(H,49,57);1H3;/q2*-1;. The van der Waals surface area contributed by atoms with E-state index in [-0.39, 0.29) is 76.4 Å². The number of aromatic nitrogens is 3. The molecule has 4 aromatic rings. The molecule has 2 atom stereocenters. The summed E-state index contributed by atoms with van der Waals surface area (Å²) in [6.45, 7) is 16.9. The van der Waals surface area contributed by atoms with Crippen LogP contribution in [0, 0.1) is 26.9 Å². The van der Waals surface area contributed by atoms with Crippen LogP contribution in [0.3, 0.4) is 0 Å². The summed E-state index contributed by atoms with van der Waals surface area (Å²) < 4.78 is 23.6. The van der Waals surface area contributed by atoms with E-state index >= 15 is 0 Å². The van der Waals surface area contributed by atoms with Gasteiger partial charge in [0.2, 0.25) is 12.3 Å². The summed E-state index contributed by atoms with van der Waals surface area (Å²) in [6.07, 6.45) is 4.21. The van der Waals surface area contributed by atoms with Crippen molar-refractivity contribution in [3.05, 3.63) is 90.2 Å². The minimum absolute atomic E-state index is 0. The Morgan fingerprint density at radius 1 is 0.910 bits per heavy atom. The van der Waals surface area contributed by atoms with Crippen molar-refractivity contribution in [3.63, 3.8) is 0 Å². The van der Waals surface area contributed by atoms with Gasteiger partial charge in [0, 0.05) is 94.0 Å². The van der Waals surface area contributed by atoms with Gasteiger partial charge < -0.3 is 46.8 Å². The molecule has 0 saturated carbocycles. The maximum atomic E-state index is 14.6. The van der Waals surface area contributed by atoms with Gasteiger partial charge in [-0.05, 0) is 120 Å². The first-order chi connectivity index (χ1) is 31.0. The van der Waals surface area contributed by atoms with Gasteiger partial charge in [0.25, 0.3) is 5.56 Å². The number of pyridine rings is 1. The van der Waals surface area contributed by atoms with E-state index in [0.717, 1.165) is 66.4 Å². The zero-order valence-electron chi connectivity index (χ0n) is 40.7. The van der Waals surface area contributed by atoms with E-state index in [4.69, 9.17) is 19.3 Å². The molecule has 2 N–H and O–H groups in total. The molecule has 2 aliphatic rings. The van der Waals surface area contributed by atoms with Gasteiger partial charge in [-0.15, -0.1) is 0 Å². The molecule has 0 bridgehead atoms. The van der Waals surface area contributed by atoms with Crippen LogP contribution >= 0.6 is 0 Å². The molecule has 6 rings (SSSR count). The third-order valence-corrected chi connectivity index (χ3v) is 13.4. The van der Waals surface area contributed by atoms with E-state index in [1.54, 1.807) is 16.8 Å². The predicted octanol–water partition coefficient (Wildman–Crippen LogP) is 5.99. The van der Waals surface area contributed by atoms with Crippen molar-refractivity contribution >= 4 is 46.4 Å². The van der Waals surface area contributed by atoms with Gasteiger partial charge in [0.05, 0.1) is 17.1 Å². The Morgan fingerprint density at radius 2 is 1.58 bits per heavy atom. The number of nitrogens with one attached hydrogen (secondary N) is 2. The van der Waals surface area contributed by atoms with Crippen molar-refractivity contribution in [2.24, 2.45) is 5.41 Å². The van der Waals surface area contributed by atoms with Gasteiger partial charge >= 0.3 is 12.3 Å². The van der Waals surface area contributed by atoms with Crippen molar-refractivity contribution in [2.75, 3.05) is 59.4 Å². The van der Waals surface area contributed by atoms with Crippen LogP contribution in [0.1, 0.15) is 82.9 Å². The average Bonchev–Trinajstić information content (AvgIpc) is 3.70. The first-order valence-electron chi connectivity index (χ1n) is 22.6.